The van der Waals surface area contributed by atoms with Crippen molar-refractivity contribution in [2.24, 2.45) is 4.99 Å². The van der Waals surface area contributed by atoms with Gasteiger partial charge in [-0.15, -0.1) is 0 Å². The summed E-state index contributed by atoms with van der Waals surface area (Å²) in [5.74, 6) is 2.32. The summed E-state index contributed by atoms with van der Waals surface area (Å²) in [5.41, 5.74) is 1.69. The lowest BCUT2D eigenvalue weighted by Crippen LogP contribution is -2.09. The Bertz CT molecular complexity index is 1190. The first-order chi connectivity index (χ1) is 16.2. The quantitative estimate of drug-likeness (QED) is 0.274. The average Bonchev–Trinajstić information content (AvgIpc) is 3.23. The molecule has 7 nitrogen and oxygen atoms in total. The van der Waals surface area contributed by atoms with Crippen LogP contribution >= 0.6 is 0 Å². The Balaban J connectivity index is 1.40. The van der Waals surface area contributed by atoms with Crippen molar-refractivity contribution >= 4 is 17.9 Å². The molecule has 0 N–H and O–H groups in total. The van der Waals surface area contributed by atoms with Gasteiger partial charge in [0, 0.05) is 11.6 Å². The molecule has 1 aliphatic rings. The zero-order valence-electron chi connectivity index (χ0n) is 18.3. The average molecular weight is 445 g/mol. The second kappa shape index (κ2) is 10.4. The van der Waals surface area contributed by atoms with Crippen LogP contribution < -0.4 is 18.9 Å². The maximum Gasteiger partial charge on any atom is 0.363 e. The van der Waals surface area contributed by atoms with E-state index in [4.69, 9.17) is 23.7 Å². The van der Waals surface area contributed by atoms with Gasteiger partial charge in [0.2, 0.25) is 5.90 Å². The van der Waals surface area contributed by atoms with Crippen LogP contribution in [0.2, 0.25) is 0 Å². The Kier molecular flexibility index (Phi) is 6.90. The molecule has 0 saturated carbocycles. The van der Waals surface area contributed by atoms with Gasteiger partial charge in [0.25, 0.3) is 0 Å². The number of nitrogens with zero attached hydrogens (tertiary/aromatic N) is 1. The predicted octanol–water partition coefficient (Wildman–Crippen LogP) is 4.51. The van der Waals surface area contributed by atoms with Crippen LogP contribution in [-0.2, 0) is 9.53 Å². The highest BCUT2D eigenvalue weighted by Crippen LogP contribution is 2.30. The molecule has 0 amide bonds. The summed E-state index contributed by atoms with van der Waals surface area (Å²) >= 11 is 0. The van der Waals surface area contributed by atoms with Gasteiger partial charge in [-0.3, -0.25) is 0 Å². The number of carbonyl (C=O) groups excluding carboxylic acids is 1. The zero-order chi connectivity index (χ0) is 23.0. The van der Waals surface area contributed by atoms with E-state index in [2.05, 4.69) is 4.99 Å². The van der Waals surface area contributed by atoms with Gasteiger partial charge in [-0.25, -0.2) is 9.79 Å². The van der Waals surface area contributed by atoms with E-state index >= 15 is 0 Å². The maximum atomic E-state index is 12.2. The first-order valence-electron chi connectivity index (χ1n) is 10.3. The highest BCUT2D eigenvalue weighted by Gasteiger charge is 2.24. The Morgan fingerprint density at radius 2 is 1.61 bits per heavy atom. The standard InChI is InChI=1S/C26H23NO6/c1-29-20-9-6-10-21(17-20)31-13-14-32-23-12-11-18(16-24(23)30-2)15-22-26(28)33-25(27-22)19-7-4-3-5-8-19/h3-12,15-17H,13-14H2,1-2H3. The summed E-state index contributed by atoms with van der Waals surface area (Å²) in [6, 6.07) is 22.0. The molecule has 0 aromatic heterocycles. The van der Waals surface area contributed by atoms with E-state index in [1.54, 1.807) is 32.4 Å². The molecule has 1 heterocycles. The molecule has 7 heteroatoms. The lowest BCUT2D eigenvalue weighted by atomic mass is 10.1. The van der Waals surface area contributed by atoms with Crippen molar-refractivity contribution in [3.05, 3.63) is 89.6 Å². The van der Waals surface area contributed by atoms with Crippen molar-refractivity contribution in [2.45, 2.75) is 0 Å². The summed E-state index contributed by atoms with van der Waals surface area (Å²) < 4.78 is 27.4. The molecule has 0 aliphatic carbocycles. The van der Waals surface area contributed by atoms with Gasteiger partial charge in [0.15, 0.2) is 17.2 Å². The fraction of sp³-hybridized carbons (Fsp3) is 0.154. The van der Waals surface area contributed by atoms with E-state index in [0.717, 1.165) is 16.9 Å². The van der Waals surface area contributed by atoms with E-state index in [-0.39, 0.29) is 11.6 Å². The Morgan fingerprint density at radius 3 is 2.39 bits per heavy atom. The second-order valence-corrected chi connectivity index (χ2v) is 6.99. The van der Waals surface area contributed by atoms with Crippen LogP contribution in [0.25, 0.3) is 6.08 Å². The number of carbonyl (C=O) groups is 1. The van der Waals surface area contributed by atoms with E-state index in [1.807, 2.05) is 60.7 Å². The van der Waals surface area contributed by atoms with Crippen LogP contribution in [0.3, 0.4) is 0 Å². The van der Waals surface area contributed by atoms with Crippen LogP contribution in [0.4, 0.5) is 0 Å². The SMILES string of the molecule is COc1cccc(OCCOc2ccc(C=C3N=C(c4ccccc4)OC3=O)cc2OC)c1. The predicted molar refractivity (Wildman–Crippen MR) is 124 cm³/mol. The molecule has 1 aliphatic heterocycles. The topological polar surface area (TPSA) is 75.6 Å². The lowest BCUT2D eigenvalue weighted by Gasteiger charge is -2.12. The van der Waals surface area contributed by atoms with Gasteiger partial charge in [0.05, 0.1) is 14.2 Å². The van der Waals surface area contributed by atoms with E-state index < -0.39 is 5.97 Å². The summed E-state index contributed by atoms with van der Waals surface area (Å²) in [7, 11) is 3.17. The molecule has 0 saturated heterocycles. The Morgan fingerprint density at radius 1 is 0.818 bits per heavy atom. The fourth-order valence-electron chi connectivity index (χ4n) is 3.17. The van der Waals surface area contributed by atoms with E-state index in [0.29, 0.717) is 30.5 Å². The van der Waals surface area contributed by atoms with Crippen LogP contribution in [0.15, 0.2) is 83.5 Å². The summed E-state index contributed by atoms with van der Waals surface area (Å²) in [6.45, 7) is 0.677. The van der Waals surface area contributed by atoms with E-state index in [9.17, 15) is 4.79 Å². The maximum absolute atomic E-state index is 12.2. The molecule has 3 aromatic carbocycles. The van der Waals surface area contributed by atoms with Gasteiger partial charge in [-0.05, 0) is 48.0 Å². The van der Waals surface area contributed by atoms with Gasteiger partial charge < -0.3 is 23.7 Å². The van der Waals surface area contributed by atoms with Gasteiger partial charge in [-0.1, -0.05) is 30.3 Å². The number of methoxy groups -OCH3 is 2. The molecule has 33 heavy (non-hydrogen) atoms. The van der Waals surface area contributed by atoms with E-state index in [1.165, 1.54) is 0 Å². The lowest BCUT2D eigenvalue weighted by molar-refractivity contribution is -0.129. The Hall–Kier alpha value is -4.26. The summed E-state index contributed by atoms with van der Waals surface area (Å²) in [5, 5.41) is 0. The highest BCUT2D eigenvalue weighted by atomic mass is 16.6. The number of benzene rings is 3. The smallest absolute Gasteiger partial charge is 0.363 e. The molecule has 0 atom stereocenters. The summed E-state index contributed by atoms with van der Waals surface area (Å²) in [4.78, 5) is 16.6. The van der Waals surface area contributed by atoms with Crippen molar-refractivity contribution in [2.75, 3.05) is 27.4 Å². The number of esters is 1. The van der Waals surface area contributed by atoms with Crippen LogP contribution in [-0.4, -0.2) is 39.3 Å². The number of rotatable bonds is 9. The molecule has 0 unspecified atom stereocenters. The normalized spacial score (nSPS) is 13.9. The minimum absolute atomic E-state index is 0.219. The molecule has 3 aromatic rings. The van der Waals surface area contributed by atoms with Crippen LogP contribution in [0.5, 0.6) is 23.0 Å². The van der Waals surface area contributed by atoms with Gasteiger partial charge in [0.1, 0.15) is 24.7 Å². The first kappa shape index (κ1) is 22.0. The minimum Gasteiger partial charge on any atom is -0.497 e. The van der Waals surface area contributed by atoms with Crippen molar-refractivity contribution in [3.8, 4) is 23.0 Å². The van der Waals surface area contributed by atoms with Crippen molar-refractivity contribution in [1.82, 2.24) is 0 Å². The number of aliphatic imine (C=N–C) groups is 1. The second-order valence-electron chi connectivity index (χ2n) is 6.99. The largest absolute Gasteiger partial charge is 0.497 e. The fourth-order valence-corrected chi connectivity index (χ4v) is 3.17. The number of cyclic esters (lactones) is 1. The number of ether oxygens (including phenoxy) is 5. The number of hydrogen-bond donors (Lipinski definition) is 0. The third-order valence-electron chi connectivity index (χ3n) is 4.78. The molecule has 4 rings (SSSR count). The minimum atomic E-state index is -0.497. The van der Waals surface area contributed by atoms with Gasteiger partial charge >= 0.3 is 5.97 Å². The number of hydrogen-bond acceptors (Lipinski definition) is 7. The summed E-state index contributed by atoms with van der Waals surface area (Å²) in [6.07, 6.45) is 1.65. The Labute approximate surface area is 191 Å². The monoisotopic (exact) mass is 445 g/mol. The molecule has 0 radical (unpaired) electrons. The third-order valence-corrected chi connectivity index (χ3v) is 4.78. The van der Waals surface area contributed by atoms with Gasteiger partial charge in [-0.2, -0.15) is 0 Å². The van der Waals surface area contributed by atoms with Crippen molar-refractivity contribution in [1.29, 1.82) is 0 Å². The van der Waals surface area contributed by atoms with Crippen molar-refractivity contribution in [3.63, 3.8) is 0 Å². The molecule has 0 spiro atoms. The zero-order valence-corrected chi connectivity index (χ0v) is 18.3. The molecule has 0 fully saturated rings. The third kappa shape index (κ3) is 5.51. The van der Waals surface area contributed by atoms with Crippen molar-refractivity contribution < 1.29 is 28.5 Å². The molecular formula is C26H23NO6. The molecule has 0 bridgehead atoms. The van der Waals surface area contributed by atoms with Crippen LogP contribution in [0, 0.1) is 0 Å². The molecular weight excluding hydrogens is 422 g/mol. The first-order valence-corrected chi connectivity index (χ1v) is 10.3. The highest BCUT2D eigenvalue weighted by molar-refractivity contribution is 6.12. The molecule has 168 valence electrons. The van der Waals surface area contributed by atoms with Crippen LogP contribution in [0.1, 0.15) is 11.1 Å².